The van der Waals surface area contributed by atoms with Crippen molar-refractivity contribution >= 4 is 5.69 Å². The third-order valence-electron chi connectivity index (χ3n) is 2.89. The van der Waals surface area contributed by atoms with Crippen molar-refractivity contribution in [3.63, 3.8) is 0 Å². The van der Waals surface area contributed by atoms with Crippen LogP contribution in [0.3, 0.4) is 0 Å². The van der Waals surface area contributed by atoms with Crippen molar-refractivity contribution < 1.29 is 5.11 Å². The molecule has 1 aliphatic heterocycles. The number of aliphatic hydroxyl groups is 1. The Morgan fingerprint density at radius 2 is 2.31 bits per heavy atom. The van der Waals surface area contributed by atoms with Crippen LogP contribution in [-0.4, -0.2) is 37.4 Å². The lowest BCUT2D eigenvalue weighted by molar-refractivity contribution is 0.246. The number of hydrogen-bond acceptors (Lipinski definition) is 4. The molecule has 0 unspecified atom stereocenters. The van der Waals surface area contributed by atoms with Gasteiger partial charge in [0.25, 0.3) is 0 Å². The highest BCUT2D eigenvalue weighted by molar-refractivity contribution is 5.60. The fourth-order valence-electron chi connectivity index (χ4n) is 2.06. The summed E-state index contributed by atoms with van der Waals surface area (Å²) < 4.78 is 0. The second kappa shape index (κ2) is 4.97. The Hall–Kier alpha value is -1.57. The predicted octanol–water partition coefficient (Wildman–Crippen LogP) is 0.329. The number of hydrogen-bond donors (Lipinski definition) is 2. The van der Waals surface area contributed by atoms with Gasteiger partial charge in [0.05, 0.1) is 23.9 Å². The van der Waals surface area contributed by atoms with Crippen molar-refractivity contribution in [1.82, 2.24) is 5.32 Å². The minimum Gasteiger partial charge on any atom is -0.394 e. The first-order chi connectivity index (χ1) is 7.86. The van der Waals surface area contributed by atoms with Crippen LogP contribution in [0, 0.1) is 11.3 Å². The Morgan fingerprint density at radius 1 is 1.50 bits per heavy atom. The van der Waals surface area contributed by atoms with Crippen molar-refractivity contribution in [2.45, 2.75) is 6.04 Å². The van der Waals surface area contributed by atoms with Crippen LogP contribution < -0.4 is 10.2 Å². The van der Waals surface area contributed by atoms with E-state index in [-0.39, 0.29) is 12.6 Å². The first-order valence-corrected chi connectivity index (χ1v) is 5.44. The molecule has 1 aromatic carbocycles. The Morgan fingerprint density at radius 3 is 3.06 bits per heavy atom. The molecule has 16 heavy (non-hydrogen) atoms. The summed E-state index contributed by atoms with van der Waals surface area (Å²) in [6.07, 6.45) is 0. The van der Waals surface area contributed by atoms with Crippen molar-refractivity contribution in [2.75, 3.05) is 31.1 Å². The Labute approximate surface area is 95.1 Å². The molecule has 0 radical (unpaired) electrons. The van der Waals surface area contributed by atoms with Crippen molar-refractivity contribution in [3.05, 3.63) is 29.8 Å². The molecule has 4 nitrogen and oxygen atoms in total. The summed E-state index contributed by atoms with van der Waals surface area (Å²) in [6.45, 7) is 2.57. The molecule has 2 rings (SSSR count). The number of para-hydroxylation sites is 1. The molecule has 0 aromatic heterocycles. The number of piperazine rings is 1. The largest absolute Gasteiger partial charge is 0.394 e. The minimum absolute atomic E-state index is 0.0586. The quantitative estimate of drug-likeness (QED) is 0.749. The summed E-state index contributed by atoms with van der Waals surface area (Å²) in [6, 6.07) is 9.78. The zero-order valence-electron chi connectivity index (χ0n) is 9.06. The lowest BCUT2D eigenvalue weighted by Crippen LogP contribution is -2.53. The fraction of sp³-hybridized carbons (Fsp3) is 0.417. The average Bonchev–Trinajstić information content (AvgIpc) is 2.38. The smallest absolute Gasteiger partial charge is 0.101 e. The van der Waals surface area contributed by atoms with Crippen LogP contribution in [-0.2, 0) is 0 Å². The maximum atomic E-state index is 9.32. The molecule has 2 N–H and O–H groups in total. The maximum Gasteiger partial charge on any atom is 0.101 e. The average molecular weight is 217 g/mol. The van der Waals surface area contributed by atoms with Gasteiger partial charge in [-0.3, -0.25) is 0 Å². The molecule has 0 amide bonds. The second-order valence-corrected chi connectivity index (χ2v) is 3.86. The molecule has 1 saturated heterocycles. The highest BCUT2D eigenvalue weighted by atomic mass is 16.3. The molecule has 1 atom stereocenters. The Kier molecular flexibility index (Phi) is 3.40. The Balaban J connectivity index is 2.31. The van der Waals surface area contributed by atoms with Crippen LogP contribution in [0.5, 0.6) is 0 Å². The van der Waals surface area contributed by atoms with E-state index in [1.54, 1.807) is 0 Å². The fourth-order valence-corrected chi connectivity index (χ4v) is 2.06. The van der Waals surface area contributed by atoms with E-state index in [1.807, 2.05) is 24.3 Å². The molecule has 0 aliphatic carbocycles. The summed E-state index contributed by atoms with van der Waals surface area (Å²) in [4.78, 5) is 2.11. The molecule has 0 bridgehead atoms. The monoisotopic (exact) mass is 217 g/mol. The minimum atomic E-state index is 0.0586. The number of benzene rings is 1. The van der Waals surface area contributed by atoms with Crippen molar-refractivity contribution in [1.29, 1.82) is 5.26 Å². The SMILES string of the molecule is N#Cc1ccccc1N1CCNC[C@H]1CO. The highest BCUT2D eigenvalue weighted by Crippen LogP contribution is 2.22. The van der Waals surface area contributed by atoms with Gasteiger partial charge in [-0.2, -0.15) is 5.26 Å². The first-order valence-electron chi connectivity index (χ1n) is 5.44. The van der Waals surface area contributed by atoms with Gasteiger partial charge in [0, 0.05) is 19.6 Å². The number of rotatable bonds is 2. The van der Waals surface area contributed by atoms with Crippen LogP contribution >= 0.6 is 0 Å². The zero-order chi connectivity index (χ0) is 11.4. The third-order valence-corrected chi connectivity index (χ3v) is 2.89. The van der Waals surface area contributed by atoms with Crippen molar-refractivity contribution in [2.24, 2.45) is 0 Å². The molecule has 0 saturated carbocycles. The van der Waals surface area contributed by atoms with Crippen molar-refractivity contribution in [3.8, 4) is 6.07 Å². The van der Waals surface area contributed by atoms with Crippen LogP contribution in [0.4, 0.5) is 5.69 Å². The van der Waals surface area contributed by atoms with E-state index in [1.165, 1.54) is 0 Å². The van der Waals surface area contributed by atoms with Gasteiger partial charge in [-0.1, -0.05) is 12.1 Å². The number of nitrogens with zero attached hydrogens (tertiary/aromatic N) is 2. The molecule has 84 valence electrons. The van der Waals surface area contributed by atoms with Gasteiger partial charge < -0.3 is 15.3 Å². The second-order valence-electron chi connectivity index (χ2n) is 3.86. The molecule has 4 heteroatoms. The molecule has 1 aromatic rings. The number of nitrogens with one attached hydrogen (secondary N) is 1. The molecular formula is C12H15N3O. The van der Waals surface area contributed by atoms with E-state index >= 15 is 0 Å². The molecule has 1 fully saturated rings. The normalized spacial score (nSPS) is 20.5. The van der Waals surface area contributed by atoms with Gasteiger partial charge in [-0.25, -0.2) is 0 Å². The molecular weight excluding hydrogens is 202 g/mol. The molecule has 1 heterocycles. The summed E-state index contributed by atoms with van der Waals surface area (Å²) in [5, 5.41) is 21.6. The van der Waals surface area contributed by atoms with E-state index in [0.717, 1.165) is 25.3 Å². The zero-order valence-corrected chi connectivity index (χ0v) is 9.06. The van der Waals surface area contributed by atoms with Crippen LogP contribution in [0.15, 0.2) is 24.3 Å². The van der Waals surface area contributed by atoms with E-state index in [2.05, 4.69) is 16.3 Å². The highest BCUT2D eigenvalue weighted by Gasteiger charge is 2.23. The van der Waals surface area contributed by atoms with E-state index in [4.69, 9.17) is 5.26 Å². The summed E-state index contributed by atoms with van der Waals surface area (Å²) in [5.74, 6) is 0. The summed E-state index contributed by atoms with van der Waals surface area (Å²) in [7, 11) is 0. The Bertz CT molecular complexity index is 399. The number of aliphatic hydroxyl groups excluding tert-OH is 1. The van der Waals surface area contributed by atoms with Crippen LogP contribution in [0.1, 0.15) is 5.56 Å². The van der Waals surface area contributed by atoms with Gasteiger partial charge in [0.1, 0.15) is 6.07 Å². The first kappa shape index (κ1) is 10.9. The van der Waals surface area contributed by atoms with E-state index in [0.29, 0.717) is 5.56 Å². The van der Waals surface area contributed by atoms with Gasteiger partial charge >= 0.3 is 0 Å². The summed E-state index contributed by atoms with van der Waals surface area (Å²) >= 11 is 0. The summed E-state index contributed by atoms with van der Waals surface area (Å²) in [5.41, 5.74) is 1.59. The molecule has 1 aliphatic rings. The molecule has 0 spiro atoms. The maximum absolute atomic E-state index is 9.32. The lowest BCUT2D eigenvalue weighted by Gasteiger charge is -2.37. The van der Waals surface area contributed by atoms with Gasteiger partial charge in [-0.15, -0.1) is 0 Å². The van der Waals surface area contributed by atoms with E-state index < -0.39 is 0 Å². The van der Waals surface area contributed by atoms with Gasteiger partial charge in [0.15, 0.2) is 0 Å². The van der Waals surface area contributed by atoms with E-state index in [9.17, 15) is 5.11 Å². The standard InChI is InChI=1S/C12H15N3O/c13-7-10-3-1-2-4-12(10)15-6-5-14-8-11(15)9-16/h1-4,11,14,16H,5-6,8-9H2/t11-/m0/s1. The van der Waals surface area contributed by atoms with Crippen LogP contribution in [0.2, 0.25) is 0 Å². The van der Waals surface area contributed by atoms with Crippen LogP contribution in [0.25, 0.3) is 0 Å². The van der Waals surface area contributed by atoms with Gasteiger partial charge in [0.2, 0.25) is 0 Å². The number of nitriles is 1. The van der Waals surface area contributed by atoms with Gasteiger partial charge in [-0.05, 0) is 12.1 Å². The lowest BCUT2D eigenvalue weighted by atomic mass is 10.1. The third kappa shape index (κ3) is 2.01. The number of anilines is 1. The predicted molar refractivity (Wildman–Crippen MR) is 62.2 cm³/mol. The topological polar surface area (TPSA) is 59.3 Å².